The highest BCUT2D eigenvalue weighted by Crippen LogP contribution is 2.24. The molecule has 0 spiro atoms. The fraction of sp³-hybridized carbons (Fsp3) is 0.438. The Morgan fingerprint density at radius 1 is 1.43 bits per heavy atom. The Morgan fingerprint density at radius 3 is 2.96 bits per heavy atom. The van der Waals surface area contributed by atoms with E-state index in [-0.39, 0.29) is 11.9 Å². The van der Waals surface area contributed by atoms with Crippen LogP contribution in [-0.2, 0) is 6.54 Å². The van der Waals surface area contributed by atoms with E-state index in [1.807, 2.05) is 7.05 Å². The summed E-state index contributed by atoms with van der Waals surface area (Å²) in [5, 5.41) is 13.0. The summed E-state index contributed by atoms with van der Waals surface area (Å²) < 4.78 is 18.6. The normalized spacial score (nSPS) is 19.7. The largest absolute Gasteiger partial charge is 0.338 e. The number of halogens is 1. The van der Waals surface area contributed by atoms with Gasteiger partial charge in [-0.1, -0.05) is 11.2 Å². The van der Waals surface area contributed by atoms with Gasteiger partial charge in [-0.25, -0.2) is 4.39 Å². The molecule has 1 aromatic carbocycles. The molecule has 1 aliphatic heterocycles. The van der Waals surface area contributed by atoms with Crippen molar-refractivity contribution >= 4 is 0 Å². The second-order valence-electron chi connectivity index (χ2n) is 5.82. The highest BCUT2D eigenvalue weighted by atomic mass is 19.1. The number of hydrogen-bond acceptors (Lipinski definition) is 6. The Kier molecular flexibility index (Phi) is 4.37. The smallest absolute Gasteiger partial charge is 0.245 e. The number of benzene rings is 1. The van der Waals surface area contributed by atoms with E-state index >= 15 is 0 Å². The van der Waals surface area contributed by atoms with Crippen molar-refractivity contribution in [3.8, 4) is 6.07 Å². The molecule has 1 aliphatic rings. The quantitative estimate of drug-likeness (QED) is 0.861. The van der Waals surface area contributed by atoms with Crippen LogP contribution < -0.4 is 0 Å². The van der Waals surface area contributed by atoms with Crippen molar-refractivity contribution in [2.24, 2.45) is 0 Å². The lowest BCUT2D eigenvalue weighted by Crippen LogP contribution is -2.46. The van der Waals surface area contributed by atoms with E-state index in [9.17, 15) is 9.65 Å². The van der Waals surface area contributed by atoms with E-state index in [4.69, 9.17) is 4.52 Å². The lowest BCUT2D eigenvalue weighted by molar-refractivity contribution is 0.0714. The maximum absolute atomic E-state index is 13.3. The molecule has 6 nitrogen and oxygen atoms in total. The minimum Gasteiger partial charge on any atom is -0.338 e. The maximum atomic E-state index is 13.3. The molecule has 0 unspecified atom stereocenters. The van der Waals surface area contributed by atoms with Crippen LogP contribution in [0.25, 0.3) is 0 Å². The van der Waals surface area contributed by atoms with E-state index in [2.05, 4.69) is 26.0 Å². The molecule has 1 saturated heterocycles. The summed E-state index contributed by atoms with van der Waals surface area (Å²) in [7, 11) is 2.03. The van der Waals surface area contributed by atoms with Crippen LogP contribution in [0.3, 0.4) is 0 Å². The summed E-state index contributed by atoms with van der Waals surface area (Å²) in [5.41, 5.74) is 1.22. The van der Waals surface area contributed by atoms with Gasteiger partial charge in [0.2, 0.25) is 5.89 Å². The third-order valence-electron chi connectivity index (χ3n) is 4.15. The Hall–Kier alpha value is -2.30. The van der Waals surface area contributed by atoms with Gasteiger partial charge in [-0.2, -0.15) is 10.2 Å². The topological polar surface area (TPSA) is 69.2 Å². The zero-order valence-electron chi connectivity index (χ0n) is 13.2. The van der Waals surface area contributed by atoms with Crippen molar-refractivity contribution in [3.05, 3.63) is 46.9 Å². The van der Waals surface area contributed by atoms with Gasteiger partial charge in [0.05, 0.1) is 11.6 Å². The molecule has 0 radical (unpaired) electrons. The third kappa shape index (κ3) is 3.38. The number of likely N-dealkylation sites (N-methyl/N-ethyl adjacent to an activating group) is 1. The average Bonchev–Trinajstić information content (AvgIpc) is 2.97. The maximum Gasteiger partial charge on any atom is 0.245 e. The molecule has 1 aromatic heterocycles. The average molecular weight is 315 g/mol. The van der Waals surface area contributed by atoms with Crippen LogP contribution >= 0.6 is 0 Å². The standard InChI is InChI=1S/C16H18FN5O/c1-11-19-16(23-20-11)15-10-22(6-5-21(15)2)9-12-3-4-14(17)7-13(12)8-18/h3-4,7,15H,5-6,9-10H2,1-2H3/t15-/m1/s1. The zero-order chi connectivity index (χ0) is 16.4. The van der Waals surface area contributed by atoms with Crippen molar-refractivity contribution in [1.29, 1.82) is 5.26 Å². The van der Waals surface area contributed by atoms with Crippen molar-refractivity contribution < 1.29 is 8.91 Å². The first kappa shape index (κ1) is 15.6. The number of nitriles is 1. The number of rotatable bonds is 3. The van der Waals surface area contributed by atoms with Gasteiger partial charge in [-0.05, 0) is 31.7 Å². The zero-order valence-corrected chi connectivity index (χ0v) is 13.2. The molecule has 2 heterocycles. The van der Waals surface area contributed by atoms with Gasteiger partial charge in [-0.3, -0.25) is 9.80 Å². The molecule has 0 saturated carbocycles. The van der Waals surface area contributed by atoms with Crippen LogP contribution in [0.2, 0.25) is 0 Å². The van der Waals surface area contributed by atoms with Crippen LogP contribution in [0.1, 0.15) is 28.9 Å². The van der Waals surface area contributed by atoms with Gasteiger partial charge in [0.1, 0.15) is 11.9 Å². The first-order chi connectivity index (χ1) is 11.1. The number of aryl methyl sites for hydroxylation is 1. The molecule has 3 rings (SSSR count). The molecule has 1 fully saturated rings. The predicted molar refractivity (Wildman–Crippen MR) is 80.8 cm³/mol. The molecule has 2 aromatic rings. The number of piperazine rings is 1. The van der Waals surface area contributed by atoms with Crippen LogP contribution in [-0.4, -0.2) is 46.6 Å². The molecule has 23 heavy (non-hydrogen) atoms. The minimum absolute atomic E-state index is 0.0240. The lowest BCUT2D eigenvalue weighted by Gasteiger charge is -2.37. The van der Waals surface area contributed by atoms with E-state index in [0.29, 0.717) is 23.8 Å². The molecule has 0 aliphatic carbocycles. The summed E-state index contributed by atoms with van der Waals surface area (Å²) in [6.45, 7) is 4.84. The Balaban J connectivity index is 1.76. The fourth-order valence-electron chi connectivity index (χ4n) is 2.82. The number of nitrogens with zero attached hydrogens (tertiary/aromatic N) is 5. The molecule has 0 bridgehead atoms. The Labute approximate surface area is 134 Å². The molecule has 0 amide bonds. The molecular weight excluding hydrogens is 297 g/mol. The van der Waals surface area contributed by atoms with Crippen LogP contribution in [0.5, 0.6) is 0 Å². The molecule has 1 atom stereocenters. The first-order valence-corrected chi connectivity index (χ1v) is 7.48. The van der Waals surface area contributed by atoms with E-state index in [0.717, 1.165) is 25.2 Å². The van der Waals surface area contributed by atoms with Crippen molar-refractivity contribution in [2.75, 3.05) is 26.7 Å². The summed E-state index contributed by atoms with van der Waals surface area (Å²) in [4.78, 5) is 8.72. The van der Waals surface area contributed by atoms with Crippen LogP contribution in [0.4, 0.5) is 4.39 Å². The van der Waals surface area contributed by atoms with Gasteiger partial charge in [0.25, 0.3) is 0 Å². The Morgan fingerprint density at radius 2 is 2.26 bits per heavy atom. The monoisotopic (exact) mass is 315 g/mol. The highest BCUT2D eigenvalue weighted by molar-refractivity contribution is 5.37. The van der Waals surface area contributed by atoms with Gasteiger partial charge in [0.15, 0.2) is 5.82 Å². The summed E-state index contributed by atoms with van der Waals surface area (Å²) in [5.74, 6) is 0.841. The van der Waals surface area contributed by atoms with Gasteiger partial charge in [0, 0.05) is 26.2 Å². The third-order valence-corrected chi connectivity index (χ3v) is 4.15. The number of hydrogen-bond donors (Lipinski definition) is 0. The van der Waals surface area contributed by atoms with Gasteiger partial charge < -0.3 is 4.52 Å². The Bertz CT molecular complexity index is 738. The number of aromatic nitrogens is 2. The van der Waals surface area contributed by atoms with Crippen LogP contribution in [0.15, 0.2) is 22.7 Å². The first-order valence-electron chi connectivity index (χ1n) is 7.48. The van der Waals surface area contributed by atoms with Crippen molar-refractivity contribution in [2.45, 2.75) is 19.5 Å². The van der Waals surface area contributed by atoms with E-state index in [1.165, 1.54) is 12.1 Å². The molecule has 7 heteroatoms. The van der Waals surface area contributed by atoms with Gasteiger partial charge in [-0.15, -0.1) is 0 Å². The fourth-order valence-corrected chi connectivity index (χ4v) is 2.82. The van der Waals surface area contributed by atoms with E-state index in [1.54, 1.807) is 13.0 Å². The summed E-state index contributed by atoms with van der Waals surface area (Å²) >= 11 is 0. The summed E-state index contributed by atoms with van der Waals surface area (Å²) in [6, 6.07) is 6.44. The second kappa shape index (κ2) is 6.44. The highest BCUT2D eigenvalue weighted by Gasteiger charge is 2.30. The molecule has 0 N–H and O–H groups in total. The molecule has 120 valence electrons. The van der Waals surface area contributed by atoms with E-state index < -0.39 is 0 Å². The second-order valence-corrected chi connectivity index (χ2v) is 5.82. The van der Waals surface area contributed by atoms with Crippen LogP contribution in [0, 0.1) is 24.1 Å². The van der Waals surface area contributed by atoms with Gasteiger partial charge >= 0.3 is 0 Å². The molecular formula is C16H18FN5O. The summed E-state index contributed by atoms with van der Waals surface area (Å²) in [6.07, 6.45) is 0. The van der Waals surface area contributed by atoms with Crippen molar-refractivity contribution in [1.82, 2.24) is 19.9 Å². The SMILES string of the molecule is Cc1noc([C@H]2CN(Cc3ccc(F)cc3C#N)CCN2C)n1. The lowest BCUT2D eigenvalue weighted by atomic mass is 10.1. The van der Waals surface area contributed by atoms with Crippen molar-refractivity contribution in [3.63, 3.8) is 0 Å². The minimum atomic E-state index is -0.386. The predicted octanol–water partition coefficient (Wildman–Crippen LogP) is 1.88.